The van der Waals surface area contributed by atoms with Crippen LogP contribution in [0.2, 0.25) is 0 Å². The molecule has 130 valence electrons. The molecular formula is C19H24O5. The molecule has 0 saturated carbocycles. The van der Waals surface area contributed by atoms with E-state index in [1.54, 1.807) is 19.1 Å². The number of rotatable bonds is 5. The molecule has 1 aliphatic rings. The molecule has 5 heteroatoms. The average Bonchev–Trinajstić information content (AvgIpc) is 2.56. The first-order chi connectivity index (χ1) is 11.2. The molecule has 24 heavy (non-hydrogen) atoms. The van der Waals surface area contributed by atoms with E-state index < -0.39 is 34.7 Å². The fourth-order valence-corrected chi connectivity index (χ4v) is 3.08. The van der Waals surface area contributed by atoms with Crippen LogP contribution in [0.3, 0.4) is 0 Å². The summed E-state index contributed by atoms with van der Waals surface area (Å²) in [6, 6.07) is 6.37. The van der Waals surface area contributed by atoms with Crippen LogP contribution in [0.25, 0.3) is 0 Å². The van der Waals surface area contributed by atoms with Crippen molar-refractivity contribution >= 4 is 17.5 Å². The third-order valence-corrected chi connectivity index (χ3v) is 4.70. The summed E-state index contributed by atoms with van der Waals surface area (Å²) in [5.74, 6) is -2.41. The zero-order valence-corrected chi connectivity index (χ0v) is 14.6. The van der Waals surface area contributed by atoms with E-state index in [1.165, 1.54) is 26.0 Å². The van der Waals surface area contributed by atoms with E-state index in [0.717, 1.165) is 12.8 Å². The molecule has 0 amide bonds. The molecule has 0 aromatic heterocycles. The number of esters is 1. The van der Waals surface area contributed by atoms with Gasteiger partial charge in [0.2, 0.25) is 17.2 Å². The van der Waals surface area contributed by atoms with Crippen LogP contribution in [-0.4, -0.2) is 28.2 Å². The highest BCUT2D eigenvalue weighted by Crippen LogP contribution is 2.39. The van der Waals surface area contributed by atoms with Crippen LogP contribution in [-0.2, 0) is 19.9 Å². The van der Waals surface area contributed by atoms with Gasteiger partial charge in [-0.1, -0.05) is 51.0 Å². The largest absolute Gasteiger partial charge is 0.442 e. The van der Waals surface area contributed by atoms with Crippen molar-refractivity contribution in [2.45, 2.75) is 58.2 Å². The van der Waals surface area contributed by atoms with Crippen molar-refractivity contribution in [3.63, 3.8) is 0 Å². The van der Waals surface area contributed by atoms with E-state index in [-0.39, 0.29) is 11.1 Å². The predicted octanol–water partition coefficient (Wildman–Crippen LogP) is 2.79. The van der Waals surface area contributed by atoms with Gasteiger partial charge in [0, 0.05) is 11.1 Å². The number of hydrogen-bond acceptors (Lipinski definition) is 5. The smallest absolute Gasteiger partial charge is 0.310 e. The van der Waals surface area contributed by atoms with Gasteiger partial charge in [0.1, 0.15) is 0 Å². The Hall–Kier alpha value is -2.01. The minimum atomic E-state index is -2.00. The number of aliphatic hydroxyl groups is 1. The van der Waals surface area contributed by atoms with E-state index in [4.69, 9.17) is 4.74 Å². The first kappa shape index (κ1) is 18.3. The molecule has 1 aromatic carbocycles. The van der Waals surface area contributed by atoms with Gasteiger partial charge in [-0.2, -0.15) is 0 Å². The van der Waals surface area contributed by atoms with Crippen LogP contribution in [0, 0.1) is 5.92 Å². The molecule has 1 aliphatic carbocycles. The van der Waals surface area contributed by atoms with Crippen LogP contribution < -0.4 is 0 Å². The molecule has 1 unspecified atom stereocenters. The molecule has 1 N–H and O–H groups in total. The lowest BCUT2D eigenvalue weighted by molar-refractivity contribution is -0.173. The maximum atomic E-state index is 12.8. The van der Waals surface area contributed by atoms with Gasteiger partial charge >= 0.3 is 5.97 Å². The number of hydrogen-bond donors (Lipinski definition) is 1. The Morgan fingerprint density at radius 1 is 1.25 bits per heavy atom. The lowest BCUT2D eigenvalue weighted by Gasteiger charge is -2.39. The summed E-state index contributed by atoms with van der Waals surface area (Å²) in [4.78, 5) is 37.9. The van der Waals surface area contributed by atoms with Crippen molar-refractivity contribution in [2.24, 2.45) is 5.92 Å². The Labute approximate surface area is 142 Å². The van der Waals surface area contributed by atoms with Crippen LogP contribution >= 0.6 is 0 Å². The third-order valence-electron chi connectivity index (χ3n) is 4.70. The first-order valence-corrected chi connectivity index (χ1v) is 8.30. The maximum absolute atomic E-state index is 12.8. The number of benzene rings is 1. The fraction of sp³-hybridized carbons (Fsp3) is 0.526. The van der Waals surface area contributed by atoms with Gasteiger partial charge in [0.25, 0.3) is 0 Å². The Morgan fingerprint density at radius 2 is 1.88 bits per heavy atom. The summed E-state index contributed by atoms with van der Waals surface area (Å²) in [5.41, 5.74) is -3.44. The van der Waals surface area contributed by atoms with Gasteiger partial charge in [0.05, 0.1) is 5.92 Å². The summed E-state index contributed by atoms with van der Waals surface area (Å²) >= 11 is 0. The molecule has 0 saturated heterocycles. The van der Waals surface area contributed by atoms with Gasteiger partial charge in [-0.3, -0.25) is 14.4 Å². The van der Waals surface area contributed by atoms with E-state index in [0.29, 0.717) is 6.42 Å². The normalized spacial score (nSPS) is 27.5. The SMILES string of the molecule is CCCCC(C)C(=O)O[C@@]1(C)C(=O)c2ccccc2[C@](C)(O)C1=O. The van der Waals surface area contributed by atoms with Gasteiger partial charge in [-0.05, 0) is 20.3 Å². The second-order valence-corrected chi connectivity index (χ2v) is 6.77. The Balaban J connectivity index is 2.37. The quantitative estimate of drug-likeness (QED) is 0.662. The molecule has 2 rings (SSSR count). The number of carbonyl (C=O) groups excluding carboxylic acids is 3. The molecule has 0 aliphatic heterocycles. The van der Waals surface area contributed by atoms with Gasteiger partial charge in [-0.25, -0.2) is 0 Å². The topological polar surface area (TPSA) is 80.7 Å². The number of carbonyl (C=O) groups is 3. The van der Waals surface area contributed by atoms with E-state index in [1.807, 2.05) is 6.92 Å². The monoisotopic (exact) mass is 332 g/mol. The summed E-state index contributed by atoms with van der Waals surface area (Å²) in [6.45, 7) is 6.33. The van der Waals surface area contributed by atoms with Crippen LogP contribution in [0.4, 0.5) is 0 Å². The molecule has 0 heterocycles. The Morgan fingerprint density at radius 3 is 2.50 bits per heavy atom. The summed E-state index contributed by atoms with van der Waals surface area (Å²) in [6.07, 6.45) is 2.42. The lowest BCUT2D eigenvalue weighted by atomic mass is 9.71. The Bertz CT molecular complexity index is 676. The molecule has 0 fully saturated rings. The predicted molar refractivity (Wildman–Crippen MR) is 88.5 cm³/mol. The number of fused-ring (bicyclic) bond motifs is 1. The van der Waals surface area contributed by atoms with Crippen molar-refractivity contribution in [1.82, 2.24) is 0 Å². The average molecular weight is 332 g/mol. The highest BCUT2D eigenvalue weighted by atomic mass is 16.6. The molecule has 5 nitrogen and oxygen atoms in total. The second kappa shape index (κ2) is 6.48. The molecule has 0 spiro atoms. The molecule has 0 bridgehead atoms. The number of unbranched alkanes of at least 4 members (excludes halogenated alkanes) is 1. The van der Waals surface area contributed by atoms with Crippen molar-refractivity contribution in [3.8, 4) is 0 Å². The molecule has 1 aromatic rings. The highest BCUT2D eigenvalue weighted by Gasteiger charge is 2.58. The standard InChI is InChI=1S/C19H24O5/c1-5-6-9-12(2)16(21)24-19(4)15(20)13-10-7-8-11-14(13)18(3,23)17(19)22/h7-8,10-12,23H,5-6,9H2,1-4H3/t12?,18-,19-/m0/s1. The maximum Gasteiger partial charge on any atom is 0.310 e. The number of ether oxygens (including phenoxy) is 1. The van der Waals surface area contributed by atoms with Crippen molar-refractivity contribution in [2.75, 3.05) is 0 Å². The minimum Gasteiger partial charge on any atom is -0.442 e. The Kier molecular flexibility index (Phi) is 4.95. The molecule has 0 radical (unpaired) electrons. The third kappa shape index (κ3) is 2.88. The fourth-order valence-electron chi connectivity index (χ4n) is 3.08. The highest BCUT2D eigenvalue weighted by molar-refractivity contribution is 6.24. The van der Waals surface area contributed by atoms with Gasteiger partial charge in [0.15, 0.2) is 5.60 Å². The summed E-state index contributed by atoms with van der Waals surface area (Å²) in [7, 11) is 0. The van der Waals surface area contributed by atoms with Crippen molar-refractivity contribution < 1.29 is 24.2 Å². The van der Waals surface area contributed by atoms with Crippen LogP contribution in [0.1, 0.15) is 62.9 Å². The summed E-state index contributed by atoms with van der Waals surface area (Å²) in [5, 5.41) is 10.6. The van der Waals surface area contributed by atoms with Crippen LogP contribution in [0.5, 0.6) is 0 Å². The molecular weight excluding hydrogens is 308 g/mol. The first-order valence-electron chi connectivity index (χ1n) is 8.30. The van der Waals surface area contributed by atoms with Gasteiger partial charge < -0.3 is 9.84 Å². The number of ketones is 2. The van der Waals surface area contributed by atoms with E-state index in [2.05, 4.69) is 0 Å². The zero-order valence-electron chi connectivity index (χ0n) is 14.6. The zero-order chi connectivity index (χ0) is 18.1. The van der Waals surface area contributed by atoms with Crippen LogP contribution in [0.15, 0.2) is 24.3 Å². The van der Waals surface area contributed by atoms with E-state index >= 15 is 0 Å². The van der Waals surface area contributed by atoms with Crippen molar-refractivity contribution in [1.29, 1.82) is 0 Å². The number of Topliss-reactive ketones (excluding diaryl/α,β-unsaturated/α-hetero) is 2. The van der Waals surface area contributed by atoms with Gasteiger partial charge in [-0.15, -0.1) is 0 Å². The lowest BCUT2D eigenvalue weighted by Crippen LogP contribution is -2.59. The second-order valence-electron chi connectivity index (χ2n) is 6.77. The minimum absolute atomic E-state index is 0.207. The summed E-state index contributed by atoms with van der Waals surface area (Å²) < 4.78 is 5.36. The molecule has 3 atom stereocenters. The van der Waals surface area contributed by atoms with E-state index in [9.17, 15) is 19.5 Å². The van der Waals surface area contributed by atoms with Crippen molar-refractivity contribution in [3.05, 3.63) is 35.4 Å².